The van der Waals surface area contributed by atoms with Gasteiger partial charge in [-0.25, -0.2) is 4.79 Å². The third-order valence-electron chi connectivity index (χ3n) is 4.49. The van der Waals surface area contributed by atoms with Crippen molar-refractivity contribution >= 4 is 51.1 Å². The lowest BCUT2D eigenvalue weighted by Crippen LogP contribution is -2.42. The molecular weight excluding hydrogens is 440 g/mol. The Labute approximate surface area is 175 Å². The lowest BCUT2D eigenvalue weighted by molar-refractivity contribution is -0.133. The van der Waals surface area contributed by atoms with E-state index in [0.29, 0.717) is 16.9 Å². The molecule has 0 aromatic heterocycles. The van der Waals surface area contributed by atoms with Gasteiger partial charge in [0.2, 0.25) is 11.8 Å². The van der Waals surface area contributed by atoms with Crippen molar-refractivity contribution in [2.24, 2.45) is 0 Å². The van der Waals surface area contributed by atoms with Crippen LogP contribution < -0.4 is 16.0 Å². The molecule has 3 N–H and O–H groups in total. The number of hydrogen-bond acceptors (Lipinski definition) is 4. The SMILES string of the molecule is CC(=O)Nc1ccc(NC(=O)CN2C(=O)NC(C)(c3ccc(Br)cc3)C2=O)cc1. The molecule has 29 heavy (non-hydrogen) atoms. The maximum absolute atomic E-state index is 12.9. The van der Waals surface area contributed by atoms with Crippen molar-refractivity contribution in [3.63, 3.8) is 0 Å². The van der Waals surface area contributed by atoms with Gasteiger partial charge < -0.3 is 16.0 Å². The van der Waals surface area contributed by atoms with E-state index in [0.717, 1.165) is 9.37 Å². The molecule has 9 heteroatoms. The maximum Gasteiger partial charge on any atom is 0.325 e. The van der Waals surface area contributed by atoms with Gasteiger partial charge in [0.25, 0.3) is 5.91 Å². The Balaban J connectivity index is 1.67. The highest BCUT2D eigenvalue weighted by atomic mass is 79.9. The molecule has 0 spiro atoms. The quantitative estimate of drug-likeness (QED) is 0.598. The van der Waals surface area contributed by atoms with Crippen LogP contribution in [0, 0.1) is 0 Å². The highest BCUT2D eigenvalue weighted by Gasteiger charge is 2.49. The topological polar surface area (TPSA) is 108 Å². The third kappa shape index (κ3) is 4.45. The van der Waals surface area contributed by atoms with Gasteiger partial charge in [-0.15, -0.1) is 0 Å². The van der Waals surface area contributed by atoms with Crippen LogP contribution in [0.4, 0.5) is 16.2 Å². The number of imide groups is 1. The van der Waals surface area contributed by atoms with Crippen molar-refractivity contribution in [2.75, 3.05) is 17.2 Å². The molecule has 2 aromatic carbocycles. The number of amides is 5. The molecule has 1 unspecified atom stereocenters. The Morgan fingerprint density at radius 1 is 1.00 bits per heavy atom. The summed E-state index contributed by atoms with van der Waals surface area (Å²) in [6, 6.07) is 12.9. The normalized spacial score (nSPS) is 18.4. The minimum Gasteiger partial charge on any atom is -0.326 e. The predicted octanol–water partition coefficient (Wildman–Crippen LogP) is 2.81. The van der Waals surface area contributed by atoms with Gasteiger partial charge in [0.15, 0.2) is 0 Å². The zero-order chi connectivity index (χ0) is 21.2. The van der Waals surface area contributed by atoms with E-state index in [-0.39, 0.29) is 5.91 Å². The van der Waals surface area contributed by atoms with Gasteiger partial charge in [-0.2, -0.15) is 0 Å². The van der Waals surface area contributed by atoms with E-state index in [4.69, 9.17) is 0 Å². The van der Waals surface area contributed by atoms with Crippen molar-refractivity contribution in [1.29, 1.82) is 0 Å². The monoisotopic (exact) mass is 458 g/mol. The van der Waals surface area contributed by atoms with Crippen molar-refractivity contribution in [2.45, 2.75) is 19.4 Å². The number of anilines is 2. The number of carbonyl (C=O) groups excluding carboxylic acids is 4. The Hall–Kier alpha value is -3.20. The van der Waals surface area contributed by atoms with Crippen molar-refractivity contribution in [3.05, 3.63) is 58.6 Å². The van der Waals surface area contributed by atoms with E-state index >= 15 is 0 Å². The smallest absolute Gasteiger partial charge is 0.325 e. The van der Waals surface area contributed by atoms with Crippen molar-refractivity contribution < 1.29 is 19.2 Å². The van der Waals surface area contributed by atoms with Gasteiger partial charge in [0, 0.05) is 22.8 Å². The lowest BCUT2D eigenvalue weighted by Gasteiger charge is -2.22. The Bertz CT molecular complexity index is 975. The first-order chi connectivity index (χ1) is 13.7. The van der Waals surface area contributed by atoms with E-state index in [1.165, 1.54) is 6.92 Å². The molecule has 1 heterocycles. The molecule has 0 bridgehead atoms. The minimum absolute atomic E-state index is 0.200. The number of rotatable bonds is 5. The summed E-state index contributed by atoms with van der Waals surface area (Å²) in [6.45, 7) is 2.59. The first-order valence-corrected chi connectivity index (χ1v) is 9.56. The molecule has 8 nitrogen and oxygen atoms in total. The number of hydrogen-bond donors (Lipinski definition) is 3. The largest absolute Gasteiger partial charge is 0.326 e. The first-order valence-electron chi connectivity index (χ1n) is 8.77. The van der Waals surface area contributed by atoms with Crippen LogP contribution in [-0.4, -0.2) is 35.2 Å². The molecule has 0 aliphatic carbocycles. The zero-order valence-corrected chi connectivity index (χ0v) is 17.4. The van der Waals surface area contributed by atoms with E-state index in [2.05, 4.69) is 31.9 Å². The van der Waals surface area contributed by atoms with Crippen LogP contribution >= 0.6 is 15.9 Å². The van der Waals surface area contributed by atoms with Crippen LogP contribution in [0.25, 0.3) is 0 Å². The van der Waals surface area contributed by atoms with Gasteiger partial charge >= 0.3 is 6.03 Å². The lowest BCUT2D eigenvalue weighted by atomic mass is 9.92. The second-order valence-corrected chi connectivity index (χ2v) is 7.68. The molecule has 3 rings (SSSR count). The molecule has 1 atom stereocenters. The number of urea groups is 1. The fraction of sp³-hybridized carbons (Fsp3) is 0.200. The van der Waals surface area contributed by atoms with E-state index < -0.39 is 29.9 Å². The van der Waals surface area contributed by atoms with Crippen LogP contribution in [0.2, 0.25) is 0 Å². The molecule has 150 valence electrons. The second kappa shape index (κ2) is 8.04. The van der Waals surface area contributed by atoms with Crippen LogP contribution in [0.1, 0.15) is 19.4 Å². The fourth-order valence-electron chi connectivity index (χ4n) is 3.00. The molecule has 1 aliphatic rings. The third-order valence-corrected chi connectivity index (χ3v) is 5.02. The molecule has 1 saturated heterocycles. The molecule has 5 amide bonds. The highest BCUT2D eigenvalue weighted by Crippen LogP contribution is 2.29. The zero-order valence-electron chi connectivity index (χ0n) is 15.8. The summed E-state index contributed by atoms with van der Waals surface area (Å²) in [7, 11) is 0. The Morgan fingerprint density at radius 3 is 2.10 bits per heavy atom. The summed E-state index contributed by atoms with van der Waals surface area (Å²) in [5.74, 6) is -1.21. The number of nitrogens with one attached hydrogen (secondary N) is 3. The van der Waals surface area contributed by atoms with E-state index in [1.807, 2.05) is 0 Å². The summed E-state index contributed by atoms with van der Waals surface area (Å²) in [5.41, 5.74) is 0.454. The van der Waals surface area contributed by atoms with Gasteiger partial charge in [-0.3, -0.25) is 19.3 Å². The number of carbonyl (C=O) groups is 4. The Kier molecular flexibility index (Phi) is 5.69. The van der Waals surface area contributed by atoms with Gasteiger partial charge in [-0.05, 0) is 48.9 Å². The van der Waals surface area contributed by atoms with Crippen LogP contribution in [0.3, 0.4) is 0 Å². The molecular formula is C20H19BrN4O4. The van der Waals surface area contributed by atoms with E-state index in [1.54, 1.807) is 55.5 Å². The first kappa shape index (κ1) is 20.5. The highest BCUT2D eigenvalue weighted by molar-refractivity contribution is 9.10. The Morgan fingerprint density at radius 2 is 1.55 bits per heavy atom. The van der Waals surface area contributed by atoms with Gasteiger partial charge in [0.1, 0.15) is 12.1 Å². The van der Waals surface area contributed by atoms with Gasteiger partial charge in [-0.1, -0.05) is 28.1 Å². The van der Waals surface area contributed by atoms with Crippen molar-refractivity contribution in [1.82, 2.24) is 10.2 Å². The summed E-state index contributed by atoms with van der Waals surface area (Å²) < 4.78 is 0.849. The summed E-state index contributed by atoms with van der Waals surface area (Å²) in [4.78, 5) is 49.5. The molecule has 0 radical (unpaired) electrons. The second-order valence-electron chi connectivity index (χ2n) is 6.76. The van der Waals surface area contributed by atoms with Crippen LogP contribution in [0.5, 0.6) is 0 Å². The number of benzene rings is 2. The minimum atomic E-state index is -1.24. The summed E-state index contributed by atoms with van der Waals surface area (Å²) in [5, 5.41) is 7.92. The fourth-order valence-corrected chi connectivity index (χ4v) is 3.27. The number of halogens is 1. The van der Waals surface area contributed by atoms with Crippen LogP contribution in [0.15, 0.2) is 53.0 Å². The molecule has 1 aliphatic heterocycles. The summed E-state index contributed by atoms with van der Waals surface area (Å²) in [6.07, 6.45) is 0. The van der Waals surface area contributed by atoms with Crippen molar-refractivity contribution in [3.8, 4) is 0 Å². The average molecular weight is 459 g/mol. The van der Waals surface area contributed by atoms with E-state index in [9.17, 15) is 19.2 Å². The van der Waals surface area contributed by atoms with Crippen LogP contribution in [-0.2, 0) is 19.9 Å². The predicted molar refractivity (Wildman–Crippen MR) is 111 cm³/mol. The average Bonchev–Trinajstić information content (AvgIpc) is 2.87. The number of nitrogens with zero attached hydrogens (tertiary/aromatic N) is 1. The standard InChI is InChI=1S/C20H19BrN4O4/c1-12(26)22-15-7-9-16(10-8-15)23-17(27)11-25-18(28)20(2,24-19(25)29)13-3-5-14(21)6-4-13/h3-10H,11H2,1-2H3,(H,22,26)(H,23,27)(H,24,29). The molecule has 1 fully saturated rings. The molecule has 0 saturated carbocycles. The molecule has 2 aromatic rings. The summed E-state index contributed by atoms with van der Waals surface area (Å²) >= 11 is 3.33. The van der Waals surface area contributed by atoms with Gasteiger partial charge in [0.05, 0.1) is 0 Å². The maximum atomic E-state index is 12.9.